The second-order valence-corrected chi connectivity index (χ2v) is 4.99. The molecule has 0 bridgehead atoms. The first-order valence-electron chi connectivity index (χ1n) is 5.57. The molecular formula is C12H13Cl2NO2. The lowest BCUT2D eigenvalue weighted by Gasteiger charge is -2.11. The number of benzene rings is 1. The topological polar surface area (TPSA) is 38.3 Å². The molecule has 0 aromatic heterocycles. The predicted octanol–water partition coefficient (Wildman–Crippen LogP) is 3.60. The van der Waals surface area contributed by atoms with Crippen molar-refractivity contribution < 1.29 is 9.63 Å². The average Bonchev–Trinajstić information content (AvgIpc) is 2.77. The standard InChI is InChI=1S/C12H13Cl2NO2/c13-9-5-8(6-10(14)7-9)12(16)15-17-11-3-1-2-4-11/h5-7,11H,1-4H2,(H,15,16). The third-order valence-electron chi connectivity index (χ3n) is 2.75. The minimum absolute atomic E-state index is 0.133. The summed E-state index contributed by atoms with van der Waals surface area (Å²) in [5.41, 5.74) is 2.84. The van der Waals surface area contributed by atoms with Crippen molar-refractivity contribution in [2.45, 2.75) is 31.8 Å². The van der Waals surface area contributed by atoms with E-state index in [0.29, 0.717) is 15.6 Å². The van der Waals surface area contributed by atoms with Crippen LogP contribution >= 0.6 is 23.2 Å². The molecule has 1 aromatic carbocycles. The van der Waals surface area contributed by atoms with Crippen molar-refractivity contribution in [3.8, 4) is 0 Å². The minimum atomic E-state index is -0.318. The van der Waals surface area contributed by atoms with Crippen LogP contribution in [-0.2, 0) is 4.84 Å². The molecule has 1 aliphatic carbocycles. The van der Waals surface area contributed by atoms with Crippen LogP contribution in [0.25, 0.3) is 0 Å². The highest BCUT2D eigenvalue weighted by molar-refractivity contribution is 6.35. The molecule has 1 fully saturated rings. The highest BCUT2D eigenvalue weighted by Gasteiger charge is 2.17. The Bertz CT molecular complexity index is 397. The summed E-state index contributed by atoms with van der Waals surface area (Å²) in [5, 5.41) is 0.868. The number of nitrogens with one attached hydrogen (secondary N) is 1. The van der Waals surface area contributed by atoms with Gasteiger partial charge in [-0.15, -0.1) is 0 Å². The molecule has 92 valence electrons. The number of carbonyl (C=O) groups is 1. The first kappa shape index (κ1) is 12.7. The highest BCUT2D eigenvalue weighted by Crippen LogP contribution is 2.21. The molecule has 1 aliphatic rings. The second kappa shape index (κ2) is 5.71. The molecule has 0 radical (unpaired) electrons. The monoisotopic (exact) mass is 273 g/mol. The van der Waals surface area contributed by atoms with Crippen molar-refractivity contribution in [1.29, 1.82) is 0 Å². The van der Waals surface area contributed by atoms with Gasteiger partial charge in [0.25, 0.3) is 5.91 Å². The average molecular weight is 274 g/mol. The SMILES string of the molecule is O=C(NOC1CCCC1)c1cc(Cl)cc(Cl)c1. The van der Waals surface area contributed by atoms with E-state index in [4.69, 9.17) is 28.0 Å². The summed E-state index contributed by atoms with van der Waals surface area (Å²) in [6.07, 6.45) is 4.44. The van der Waals surface area contributed by atoms with E-state index in [1.54, 1.807) is 18.2 Å². The second-order valence-electron chi connectivity index (χ2n) is 4.11. The van der Waals surface area contributed by atoms with Crippen LogP contribution in [0.1, 0.15) is 36.0 Å². The van der Waals surface area contributed by atoms with Crippen molar-refractivity contribution in [2.24, 2.45) is 0 Å². The minimum Gasteiger partial charge on any atom is -0.270 e. The van der Waals surface area contributed by atoms with E-state index in [1.807, 2.05) is 0 Å². The van der Waals surface area contributed by atoms with Gasteiger partial charge in [0.15, 0.2) is 0 Å². The Hall–Kier alpha value is -0.770. The van der Waals surface area contributed by atoms with E-state index in [0.717, 1.165) is 25.7 Å². The number of hydroxylamine groups is 1. The zero-order valence-corrected chi connectivity index (χ0v) is 10.7. The zero-order chi connectivity index (χ0) is 12.3. The lowest BCUT2D eigenvalue weighted by Crippen LogP contribution is -2.28. The van der Waals surface area contributed by atoms with Gasteiger partial charge in [-0.3, -0.25) is 9.63 Å². The summed E-state index contributed by atoms with van der Waals surface area (Å²) in [4.78, 5) is 17.1. The summed E-state index contributed by atoms with van der Waals surface area (Å²) in [5.74, 6) is -0.318. The molecule has 2 rings (SSSR count). The first-order valence-corrected chi connectivity index (χ1v) is 6.33. The van der Waals surface area contributed by atoms with Gasteiger partial charge in [0.2, 0.25) is 0 Å². The molecule has 1 saturated carbocycles. The van der Waals surface area contributed by atoms with Crippen molar-refractivity contribution >= 4 is 29.1 Å². The summed E-state index contributed by atoms with van der Waals surface area (Å²) in [7, 11) is 0. The van der Waals surface area contributed by atoms with Gasteiger partial charge in [0, 0.05) is 15.6 Å². The van der Waals surface area contributed by atoms with Gasteiger partial charge in [-0.1, -0.05) is 36.0 Å². The zero-order valence-electron chi connectivity index (χ0n) is 9.21. The Labute approximate surface area is 110 Å². The fraction of sp³-hybridized carbons (Fsp3) is 0.417. The largest absolute Gasteiger partial charge is 0.274 e. The predicted molar refractivity (Wildman–Crippen MR) is 67.3 cm³/mol. The summed E-state index contributed by atoms with van der Waals surface area (Å²) in [6.45, 7) is 0. The Balaban J connectivity index is 1.94. The summed E-state index contributed by atoms with van der Waals surface area (Å²) >= 11 is 11.6. The van der Waals surface area contributed by atoms with Crippen molar-refractivity contribution in [2.75, 3.05) is 0 Å². The van der Waals surface area contributed by atoms with Crippen LogP contribution in [0, 0.1) is 0 Å². The number of hydrogen-bond donors (Lipinski definition) is 1. The van der Waals surface area contributed by atoms with Crippen LogP contribution in [0.3, 0.4) is 0 Å². The molecular weight excluding hydrogens is 261 g/mol. The third-order valence-corrected chi connectivity index (χ3v) is 3.18. The van der Waals surface area contributed by atoms with E-state index in [1.165, 1.54) is 0 Å². The van der Waals surface area contributed by atoms with Gasteiger partial charge in [-0.2, -0.15) is 0 Å². The number of hydrogen-bond acceptors (Lipinski definition) is 2. The van der Waals surface area contributed by atoms with Gasteiger partial charge in [0.05, 0.1) is 6.10 Å². The fourth-order valence-electron chi connectivity index (χ4n) is 1.89. The van der Waals surface area contributed by atoms with E-state index in [-0.39, 0.29) is 12.0 Å². The van der Waals surface area contributed by atoms with Crippen LogP contribution in [0.2, 0.25) is 10.0 Å². The van der Waals surface area contributed by atoms with Gasteiger partial charge in [0.1, 0.15) is 0 Å². The maximum atomic E-state index is 11.8. The number of rotatable bonds is 3. The van der Waals surface area contributed by atoms with Crippen LogP contribution in [0.4, 0.5) is 0 Å². The van der Waals surface area contributed by atoms with Gasteiger partial charge < -0.3 is 0 Å². The molecule has 3 nitrogen and oxygen atoms in total. The quantitative estimate of drug-likeness (QED) is 0.855. The Morgan fingerprint density at radius 1 is 1.18 bits per heavy atom. The lowest BCUT2D eigenvalue weighted by atomic mass is 10.2. The Kier molecular flexibility index (Phi) is 4.26. The van der Waals surface area contributed by atoms with Crippen molar-refractivity contribution in [3.63, 3.8) is 0 Å². The van der Waals surface area contributed by atoms with Gasteiger partial charge in [-0.25, -0.2) is 5.48 Å². The molecule has 0 saturated heterocycles. The normalized spacial score (nSPS) is 16.1. The fourth-order valence-corrected chi connectivity index (χ4v) is 2.41. The summed E-state index contributed by atoms with van der Waals surface area (Å²) < 4.78 is 0. The van der Waals surface area contributed by atoms with Gasteiger partial charge in [-0.05, 0) is 31.0 Å². The van der Waals surface area contributed by atoms with E-state index < -0.39 is 0 Å². The van der Waals surface area contributed by atoms with Crippen LogP contribution in [0.5, 0.6) is 0 Å². The smallest absolute Gasteiger partial charge is 0.270 e. The maximum Gasteiger partial charge on any atom is 0.274 e. The molecule has 5 heteroatoms. The maximum absolute atomic E-state index is 11.8. The third kappa shape index (κ3) is 3.60. The molecule has 17 heavy (non-hydrogen) atoms. The highest BCUT2D eigenvalue weighted by atomic mass is 35.5. The number of carbonyl (C=O) groups excluding carboxylic acids is 1. The van der Waals surface area contributed by atoms with Crippen LogP contribution < -0.4 is 5.48 Å². The van der Waals surface area contributed by atoms with Crippen LogP contribution in [0.15, 0.2) is 18.2 Å². The Morgan fingerprint density at radius 2 is 1.76 bits per heavy atom. The number of amides is 1. The van der Waals surface area contributed by atoms with E-state index in [9.17, 15) is 4.79 Å². The van der Waals surface area contributed by atoms with Crippen molar-refractivity contribution in [3.05, 3.63) is 33.8 Å². The van der Waals surface area contributed by atoms with Gasteiger partial charge >= 0.3 is 0 Å². The molecule has 0 spiro atoms. The number of halogens is 2. The molecule has 0 aliphatic heterocycles. The van der Waals surface area contributed by atoms with E-state index >= 15 is 0 Å². The van der Waals surface area contributed by atoms with E-state index in [2.05, 4.69) is 5.48 Å². The van der Waals surface area contributed by atoms with Crippen LogP contribution in [-0.4, -0.2) is 12.0 Å². The molecule has 0 unspecified atom stereocenters. The first-order chi connectivity index (χ1) is 8.15. The Morgan fingerprint density at radius 3 is 2.35 bits per heavy atom. The molecule has 0 atom stereocenters. The molecule has 1 aromatic rings. The molecule has 1 amide bonds. The molecule has 1 N–H and O–H groups in total. The lowest BCUT2D eigenvalue weighted by molar-refractivity contribution is -0.0124. The summed E-state index contributed by atoms with van der Waals surface area (Å²) in [6, 6.07) is 4.69. The molecule has 0 heterocycles. The van der Waals surface area contributed by atoms with Crippen molar-refractivity contribution in [1.82, 2.24) is 5.48 Å².